The van der Waals surface area contributed by atoms with E-state index in [2.05, 4.69) is 20.3 Å². The summed E-state index contributed by atoms with van der Waals surface area (Å²) in [5.41, 5.74) is -3.10. The number of nitrogens with zero attached hydrogens (tertiary/aromatic N) is 4. The van der Waals surface area contributed by atoms with E-state index in [0.29, 0.717) is 56.2 Å². The van der Waals surface area contributed by atoms with Crippen molar-refractivity contribution in [2.24, 2.45) is 0 Å². The van der Waals surface area contributed by atoms with Crippen molar-refractivity contribution >= 4 is 23.5 Å². The Bertz CT molecular complexity index is 1240. The fraction of sp³-hybridized carbons (Fsp3) is 0.560. The fourth-order valence-corrected chi connectivity index (χ4v) is 5.67. The third-order valence-corrected chi connectivity index (χ3v) is 7.76. The Balaban J connectivity index is 1.53. The number of carboxylic acid groups (broad SMARTS) is 1. The number of fused-ring (bicyclic) bond motifs is 2. The molecule has 5 rings (SSSR count). The fourth-order valence-electron chi connectivity index (χ4n) is 5.67. The van der Waals surface area contributed by atoms with Crippen LogP contribution in [0.2, 0.25) is 0 Å². The van der Waals surface area contributed by atoms with Crippen LogP contribution in [0.5, 0.6) is 5.88 Å². The lowest BCUT2D eigenvalue weighted by Crippen LogP contribution is -2.55. The highest BCUT2D eigenvalue weighted by Gasteiger charge is 2.48. The monoisotopic (exact) mass is 535 g/mol. The molecule has 2 fully saturated rings. The van der Waals surface area contributed by atoms with Crippen LogP contribution in [0.1, 0.15) is 66.7 Å². The van der Waals surface area contributed by atoms with Gasteiger partial charge in [-0.15, -0.1) is 0 Å². The van der Waals surface area contributed by atoms with Gasteiger partial charge >= 0.3 is 12.1 Å². The Labute approximate surface area is 216 Å². The topological polar surface area (TPSA) is 127 Å². The molecule has 204 valence electrons. The summed E-state index contributed by atoms with van der Waals surface area (Å²) in [6.45, 7) is 1.24. The van der Waals surface area contributed by atoms with Crippen molar-refractivity contribution in [3.05, 3.63) is 35.3 Å². The Morgan fingerprint density at radius 2 is 1.82 bits per heavy atom. The number of hydrogen-bond acceptors (Lipinski definition) is 8. The summed E-state index contributed by atoms with van der Waals surface area (Å²) in [6, 6.07) is 3.33. The highest BCUT2D eigenvalue weighted by Crippen LogP contribution is 2.48. The summed E-state index contributed by atoms with van der Waals surface area (Å²) >= 11 is 0. The maximum absolute atomic E-state index is 14.2. The number of amides is 1. The molecule has 38 heavy (non-hydrogen) atoms. The maximum Gasteiger partial charge on any atom is 0.434 e. The largest absolute Gasteiger partial charge is 0.481 e. The van der Waals surface area contributed by atoms with E-state index in [1.165, 1.54) is 7.11 Å². The van der Waals surface area contributed by atoms with Gasteiger partial charge in [-0.3, -0.25) is 4.79 Å². The number of aromatic nitrogens is 3. The van der Waals surface area contributed by atoms with Gasteiger partial charge in [-0.1, -0.05) is 19.3 Å². The molecule has 0 radical (unpaired) electrons. The summed E-state index contributed by atoms with van der Waals surface area (Å²) in [5, 5.41) is 12.1. The normalized spacial score (nSPS) is 20.2. The number of carbonyl (C=O) groups excluding carboxylic acids is 1. The van der Waals surface area contributed by atoms with E-state index in [4.69, 9.17) is 9.47 Å². The number of carboxylic acids is 1. The number of rotatable bonds is 5. The first-order valence-corrected chi connectivity index (χ1v) is 12.5. The smallest absolute Gasteiger partial charge is 0.434 e. The van der Waals surface area contributed by atoms with Crippen molar-refractivity contribution in [2.75, 3.05) is 31.8 Å². The van der Waals surface area contributed by atoms with Crippen molar-refractivity contribution in [3.63, 3.8) is 0 Å². The van der Waals surface area contributed by atoms with E-state index in [0.717, 1.165) is 12.6 Å². The average molecular weight is 536 g/mol. The number of anilines is 2. The molecule has 2 N–H and O–H groups in total. The van der Waals surface area contributed by atoms with Crippen LogP contribution < -0.4 is 15.0 Å². The standard InChI is InChI=1S/C25H28F3N5O5/c1-37-17-6-5-16-19(30-17)23(9-11-38-12-10-23)14-33(16)22-29-13-15(18(31-22)25(26,27)28)20(34)32-24(21(35)36)7-3-2-4-8-24/h5-6,13H,2-4,7-12,14H2,1H3,(H,32,34)(H,35,36). The number of halogens is 3. The van der Waals surface area contributed by atoms with Gasteiger partial charge in [0, 0.05) is 37.4 Å². The van der Waals surface area contributed by atoms with E-state index in [1.54, 1.807) is 17.0 Å². The van der Waals surface area contributed by atoms with Crippen LogP contribution in [0, 0.1) is 0 Å². The summed E-state index contributed by atoms with van der Waals surface area (Å²) in [7, 11) is 1.49. The van der Waals surface area contributed by atoms with E-state index in [9.17, 15) is 27.9 Å². The van der Waals surface area contributed by atoms with Gasteiger partial charge in [0.1, 0.15) is 5.54 Å². The number of nitrogens with one attached hydrogen (secondary N) is 1. The summed E-state index contributed by atoms with van der Waals surface area (Å²) < 4.78 is 53.4. The zero-order valence-corrected chi connectivity index (χ0v) is 20.8. The minimum atomic E-state index is -4.98. The maximum atomic E-state index is 14.2. The van der Waals surface area contributed by atoms with Gasteiger partial charge in [0.15, 0.2) is 5.69 Å². The summed E-state index contributed by atoms with van der Waals surface area (Å²) in [6.07, 6.45) is -0.761. The van der Waals surface area contributed by atoms with Crippen LogP contribution >= 0.6 is 0 Å². The molecular weight excluding hydrogens is 507 g/mol. The van der Waals surface area contributed by atoms with Crippen LogP contribution in [-0.2, 0) is 21.1 Å². The van der Waals surface area contributed by atoms with Gasteiger partial charge in [0.2, 0.25) is 11.8 Å². The molecule has 0 bridgehead atoms. The van der Waals surface area contributed by atoms with Crippen LogP contribution in [0.15, 0.2) is 18.3 Å². The molecule has 1 amide bonds. The molecule has 3 aliphatic rings. The van der Waals surface area contributed by atoms with Crippen molar-refractivity contribution < 1.29 is 37.3 Å². The van der Waals surface area contributed by atoms with Gasteiger partial charge < -0.3 is 24.8 Å². The number of alkyl halides is 3. The highest BCUT2D eigenvalue weighted by molar-refractivity contribution is 5.98. The van der Waals surface area contributed by atoms with Crippen molar-refractivity contribution in [2.45, 2.75) is 62.1 Å². The van der Waals surface area contributed by atoms with Crippen molar-refractivity contribution in [1.82, 2.24) is 20.3 Å². The molecule has 0 unspecified atom stereocenters. The van der Waals surface area contributed by atoms with Crippen LogP contribution in [-0.4, -0.2) is 64.3 Å². The third kappa shape index (κ3) is 4.52. The molecule has 4 heterocycles. The number of pyridine rings is 1. The predicted octanol–water partition coefficient (Wildman–Crippen LogP) is 3.62. The van der Waals surface area contributed by atoms with Crippen molar-refractivity contribution in [1.29, 1.82) is 0 Å². The number of aliphatic carboxylic acids is 1. The van der Waals surface area contributed by atoms with Gasteiger partial charge in [-0.05, 0) is 31.7 Å². The summed E-state index contributed by atoms with van der Waals surface area (Å²) in [5.74, 6) is -2.27. The molecule has 2 aromatic rings. The van der Waals surface area contributed by atoms with E-state index < -0.39 is 40.3 Å². The molecule has 2 aromatic heterocycles. The molecule has 10 nitrogen and oxygen atoms in total. The van der Waals surface area contributed by atoms with Crippen LogP contribution in [0.25, 0.3) is 0 Å². The Morgan fingerprint density at radius 1 is 1.11 bits per heavy atom. The average Bonchev–Trinajstić information content (AvgIpc) is 3.21. The highest BCUT2D eigenvalue weighted by atomic mass is 19.4. The number of hydrogen-bond donors (Lipinski definition) is 2. The molecular formula is C25H28F3N5O5. The minimum absolute atomic E-state index is 0.140. The SMILES string of the molecule is COc1ccc2c(n1)C1(CCOCC1)CN2c1ncc(C(=O)NC2(C(=O)O)CCCCC2)c(C(F)(F)F)n1. The quantitative estimate of drug-likeness (QED) is 0.590. The number of ether oxygens (including phenoxy) is 2. The van der Waals surface area contributed by atoms with Gasteiger partial charge in [0.05, 0.1) is 24.1 Å². The van der Waals surface area contributed by atoms with Gasteiger partial charge in [-0.2, -0.15) is 13.2 Å². The van der Waals surface area contributed by atoms with Crippen LogP contribution in [0.3, 0.4) is 0 Å². The molecule has 0 aromatic carbocycles. The molecule has 1 saturated carbocycles. The minimum Gasteiger partial charge on any atom is -0.481 e. The number of methoxy groups -OCH3 is 1. The molecule has 13 heteroatoms. The Morgan fingerprint density at radius 3 is 2.45 bits per heavy atom. The molecule has 0 atom stereocenters. The second-order valence-corrected chi connectivity index (χ2v) is 10.0. The van der Waals surface area contributed by atoms with E-state index >= 15 is 0 Å². The molecule has 1 aliphatic carbocycles. The number of carbonyl (C=O) groups is 2. The van der Waals surface area contributed by atoms with Gasteiger partial charge in [0.25, 0.3) is 5.91 Å². The van der Waals surface area contributed by atoms with Crippen LogP contribution in [0.4, 0.5) is 24.8 Å². The predicted molar refractivity (Wildman–Crippen MR) is 127 cm³/mol. The molecule has 2 aliphatic heterocycles. The lowest BCUT2D eigenvalue weighted by molar-refractivity contribution is -0.145. The lowest BCUT2D eigenvalue weighted by Gasteiger charge is -2.34. The second-order valence-electron chi connectivity index (χ2n) is 10.0. The zero-order valence-electron chi connectivity index (χ0n) is 20.8. The third-order valence-electron chi connectivity index (χ3n) is 7.76. The zero-order chi connectivity index (χ0) is 27.1. The van der Waals surface area contributed by atoms with E-state index in [-0.39, 0.29) is 25.3 Å². The Kier molecular flexibility index (Phi) is 6.66. The van der Waals surface area contributed by atoms with Gasteiger partial charge in [-0.25, -0.2) is 19.7 Å². The molecule has 1 spiro atoms. The first-order valence-electron chi connectivity index (χ1n) is 12.5. The second kappa shape index (κ2) is 9.68. The van der Waals surface area contributed by atoms with Crippen molar-refractivity contribution in [3.8, 4) is 5.88 Å². The lowest BCUT2D eigenvalue weighted by atomic mass is 9.78. The molecule has 1 saturated heterocycles. The first kappa shape index (κ1) is 26.1. The Hall–Kier alpha value is -3.48. The van der Waals surface area contributed by atoms with E-state index in [1.807, 2.05) is 0 Å². The first-order chi connectivity index (χ1) is 18.1. The summed E-state index contributed by atoms with van der Waals surface area (Å²) in [4.78, 5) is 39.2.